The van der Waals surface area contributed by atoms with Crippen LogP contribution in [0.5, 0.6) is 0 Å². The Kier molecular flexibility index (Phi) is 4.54. The minimum Gasteiger partial charge on any atom is -0.381 e. The quantitative estimate of drug-likeness (QED) is 0.741. The van der Waals surface area contributed by atoms with Crippen LogP contribution in [0.1, 0.15) is 62.4 Å². The molecule has 1 aliphatic heterocycles. The molecule has 144 valence electrons. The standard InChI is InChI=1S/C21H27FN4O/c1-13-16(15-6-5-7-17(22)19(15)23-13)12-18-24-20(14-8-10-27-11-9-14)25-26(18)21(2,3)4/h5-7,14,23H,8-12H2,1-4H3. The first kappa shape index (κ1) is 18.2. The predicted molar refractivity (Wildman–Crippen MR) is 104 cm³/mol. The van der Waals surface area contributed by atoms with E-state index >= 15 is 0 Å². The number of nitrogens with zero attached hydrogens (tertiary/aromatic N) is 3. The maximum absolute atomic E-state index is 14.2. The van der Waals surface area contributed by atoms with Crippen LogP contribution < -0.4 is 0 Å². The van der Waals surface area contributed by atoms with Gasteiger partial charge in [-0.25, -0.2) is 14.1 Å². The van der Waals surface area contributed by atoms with E-state index in [1.54, 1.807) is 6.07 Å². The summed E-state index contributed by atoms with van der Waals surface area (Å²) in [7, 11) is 0. The lowest BCUT2D eigenvalue weighted by Crippen LogP contribution is -2.26. The highest BCUT2D eigenvalue weighted by Crippen LogP contribution is 2.30. The third-order valence-corrected chi connectivity index (χ3v) is 5.35. The van der Waals surface area contributed by atoms with E-state index in [4.69, 9.17) is 14.8 Å². The summed E-state index contributed by atoms with van der Waals surface area (Å²) in [6, 6.07) is 5.22. The summed E-state index contributed by atoms with van der Waals surface area (Å²) in [6.07, 6.45) is 2.55. The fraction of sp³-hybridized carbons (Fsp3) is 0.524. The molecule has 5 nitrogen and oxygen atoms in total. The molecule has 1 saturated heterocycles. The lowest BCUT2D eigenvalue weighted by atomic mass is 10.00. The van der Waals surface area contributed by atoms with E-state index in [1.807, 2.05) is 17.7 Å². The molecule has 4 rings (SSSR count). The Labute approximate surface area is 158 Å². The average molecular weight is 370 g/mol. The van der Waals surface area contributed by atoms with Gasteiger partial charge in [0, 0.05) is 36.6 Å². The maximum atomic E-state index is 14.2. The monoisotopic (exact) mass is 370 g/mol. The van der Waals surface area contributed by atoms with Gasteiger partial charge in [-0.1, -0.05) is 12.1 Å². The third kappa shape index (κ3) is 3.38. The fourth-order valence-electron chi connectivity index (χ4n) is 3.90. The van der Waals surface area contributed by atoms with E-state index < -0.39 is 0 Å². The van der Waals surface area contributed by atoms with Crippen molar-refractivity contribution < 1.29 is 9.13 Å². The van der Waals surface area contributed by atoms with Crippen molar-refractivity contribution in [1.82, 2.24) is 19.7 Å². The van der Waals surface area contributed by atoms with Crippen LogP contribution in [0.3, 0.4) is 0 Å². The van der Waals surface area contributed by atoms with Gasteiger partial charge in [-0.15, -0.1) is 0 Å². The molecule has 0 bridgehead atoms. The van der Waals surface area contributed by atoms with Gasteiger partial charge in [0.05, 0.1) is 11.1 Å². The van der Waals surface area contributed by atoms with Crippen LogP contribution in [0, 0.1) is 12.7 Å². The van der Waals surface area contributed by atoms with Crippen LogP contribution in [-0.4, -0.2) is 33.0 Å². The number of ether oxygens (including phenoxy) is 1. The number of H-pyrrole nitrogens is 1. The van der Waals surface area contributed by atoms with E-state index in [1.165, 1.54) is 6.07 Å². The van der Waals surface area contributed by atoms with Gasteiger partial charge in [0.15, 0.2) is 5.82 Å². The van der Waals surface area contributed by atoms with Gasteiger partial charge in [-0.2, -0.15) is 5.10 Å². The summed E-state index contributed by atoms with van der Waals surface area (Å²) in [6.45, 7) is 9.95. The Morgan fingerprint density at radius 2 is 2.00 bits per heavy atom. The van der Waals surface area contributed by atoms with Crippen molar-refractivity contribution in [3.8, 4) is 0 Å². The number of hydrogen-bond acceptors (Lipinski definition) is 3. The number of aromatic amines is 1. The molecule has 1 aliphatic rings. The predicted octanol–water partition coefficient (Wildman–Crippen LogP) is 4.45. The molecule has 0 atom stereocenters. The second-order valence-corrected chi connectivity index (χ2v) is 8.42. The van der Waals surface area contributed by atoms with Gasteiger partial charge in [0.2, 0.25) is 0 Å². The number of nitrogens with one attached hydrogen (secondary N) is 1. The largest absolute Gasteiger partial charge is 0.381 e. The van der Waals surface area contributed by atoms with Crippen LogP contribution in [0.25, 0.3) is 10.9 Å². The molecule has 3 aromatic rings. The summed E-state index contributed by atoms with van der Waals surface area (Å²) in [5, 5.41) is 5.80. The van der Waals surface area contributed by atoms with Crippen molar-refractivity contribution in [3.63, 3.8) is 0 Å². The SMILES string of the molecule is Cc1[nH]c2c(F)cccc2c1Cc1nc(C2CCOCC2)nn1C(C)(C)C. The first-order valence-electron chi connectivity index (χ1n) is 9.64. The summed E-state index contributed by atoms with van der Waals surface area (Å²) >= 11 is 0. The second-order valence-electron chi connectivity index (χ2n) is 8.42. The number of aryl methyl sites for hydroxylation is 1. The Hall–Kier alpha value is -2.21. The van der Waals surface area contributed by atoms with Crippen molar-refractivity contribution in [1.29, 1.82) is 0 Å². The fourth-order valence-corrected chi connectivity index (χ4v) is 3.90. The average Bonchev–Trinajstić information content (AvgIpc) is 3.19. The number of para-hydroxylation sites is 1. The molecule has 6 heteroatoms. The van der Waals surface area contributed by atoms with Gasteiger partial charge in [-0.05, 0) is 52.2 Å². The first-order chi connectivity index (χ1) is 12.8. The van der Waals surface area contributed by atoms with E-state index in [2.05, 4.69) is 25.8 Å². The molecule has 0 spiro atoms. The molecule has 0 saturated carbocycles. The van der Waals surface area contributed by atoms with Gasteiger partial charge in [0.25, 0.3) is 0 Å². The summed E-state index contributed by atoms with van der Waals surface area (Å²) in [5.41, 5.74) is 2.46. The molecule has 0 aliphatic carbocycles. The van der Waals surface area contributed by atoms with Crippen LogP contribution >= 0.6 is 0 Å². The molecule has 1 N–H and O–H groups in total. The normalized spacial score (nSPS) is 16.3. The van der Waals surface area contributed by atoms with Gasteiger partial charge in [-0.3, -0.25) is 0 Å². The highest BCUT2D eigenvalue weighted by Gasteiger charge is 2.27. The molecular formula is C21H27FN4O. The number of benzene rings is 1. The maximum Gasteiger partial charge on any atom is 0.154 e. The van der Waals surface area contributed by atoms with Gasteiger partial charge >= 0.3 is 0 Å². The zero-order valence-electron chi connectivity index (χ0n) is 16.5. The topological polar surface area (TPSA) is 55.7 Å². The molecular weight excluding hydrogens is 343 g/mol. The van der Waals surface area contributed by atoms with Crippen LogP contribution in [0.2, 0.25) is 0 Å². The molecule has 0 radical (unpaired) electrons. The number of halogens is 1. The van der Waals surface area contributed by atoms with Crippen molar-refractivity contribution in [2.75, 3.05) is 13.2 Å². The van der Waals surface area contributed by atoms with Crippen molar-refractivity contribution in [3.05, 3.63) is 46.9 Å². The molecule has 0 unspecified atom stereocenters. The minimum atomic E-state index is -0.220. The van der Waals surface area contributed by atoms with Crippen LogP contribution in [-0.2, 0) is 16.7 Å². The van der Waals surface area contributed by atoms with Crippen LogP contribution in [0.4, 0.5) is 4.39 Å². The van der Waals surface area contributed by atoms with Crippen molar-refractivity contribution >= 4 is 10.9 Å². The second kappa shape index (κ2) is 6.75. The Bertz CT molecular complexity index is 961. The zero-order chi connectivity index (χ0) is 19.2. The van der Waals surface area contributed by atoms with Gasteiger partial charge < -0.3 is 9.72 Å². The van der Waals surface area contributed by atoms with Crippen molar-refractivity contribution in [2.24, 2.45) is 0 Å². The zero-order valence-corrected chi connectivity index (χ0v) is 16.5. The lowest BCUT2D eigenvalue weighted by Gasteiger charge is -2.22. The Balaban J connectivity index is 1.76. The van der Waals surface area contributed by atoms with E-state index in [-0.39, 0.29) is 11.4 Å². The van der Waals surface area contributed by atoms with Crippen molar-refractivity contribution in [2.45, 2.75) is 58.4 Å². The summed E-state index contributed by atoms with van der Waals surface area (Å²) < 4.78 is 21.7. The highest BCUT2D eigenvalue weighted by molar-refractivity contribution is 5.85. The third-order valence-electron chi connectivity index (χ3n) is 5.35. The number of fused-ring (bicyclic) bond motifs is 1. The molecule has 27 heavy (non-hydrogen) atoms. The number of aromatic nitrogens is 4. The molecule has 1 fully saturated rings. The molecule has 1 aromatic carbocycles. The smallest absolute Gasteiger partial charge is 0.154 e. The van der Waals surface area contributed by atoms with E-state index in [0.717, 1.165) is 54.3 Å². The van der Waals surface area contributed by atoms with E-state index in [9.17, 15) is 4.39 Å². The Morgan fingerprint density at radius 3 is 2.70 bits per heavy atom. The minimum absolute atomic E-state index is 0.170. The molecule has 0 amide bonds. The summed E-state index contributed by atoms with van der Waals surface area (Å²) in [5.74, 6) is 1.97. The number of hydrogen-bond donors (Lipinski definition) is 1. The first-order valence-corrected chi connectivity index (χ1v) is 9.64. The molecule has 2 aromatic heterocycles. The lowest BCUT2D eigenvalue weighted by molar-refractivity contribution is 0.0834. The van der Waals surface area contributed by atoms with E-state index in [0.29, 0.717) is 17.9 Å². The summed E-state index contributed by atoms with van der Waals surface area (Å²) in [4.78, 5) is 8.13. The Morgan fingerprint density at radius 1 is 1.26 bits per heavy atom. The van der Waals surface area contributed by atoms with Gasteiger partial charge in [0.1, 0.15) is 11.6 Å². The number of rotatable bonds is 3. The van der Waals surface area contributed by atoms with Crippen LogP contribution in [0.15, 0.2) is 18.2 Å². The molecule has 3 heterocycles. The highest BCUT2D eigenvalue weighted by atomic mass is 19.1.